The maximum atomic E-state index is 5.72. The van der Waals surface area contributed by atoms with Crippen molar-refractivity contribution < 1.29 is 4.74 Å². The second-order valence-electron chi connectivity index (χ2n) is 3.40. The van der Waals surface area contributed by atoms with Crippen LogP contribution in [-0.4, -0.2) is 18.1 Å². The van der Waals surface area contributed by atoms with E-state index in [1.54, 1.807) is 0 Å². The number of nitrogens with zero attached hydrogens (tertiary/aromatic N) is 1. The number of anilines is 1. The standard InChI is InChI=1S/C10H14N2O/c1-7-6-12-10(11-2)5-9(7)13-8-3-4-8/h5-6,8H,3-4H2,1-2H3,(H,11,12). The van der Waals surface area contributed by atoms with Crippen molar-refractivity contribution in [3.63, 3.8) is 0 Å². The highest BCUT2D eigenvalue weighted by atomic mass is 16.5. The molecule has 0 saturated heterocycles. The molecule has 0 unspecified atom stereocenters. The van der Waals surface area contributed by atoms with Crippen molar-refractivity contribution in [3.8, 4) is 5.75 Å². The van der Waals surface area contributed by atoms with Gasteiger partial charge in [-0.05, 0) is 19.8 Å². The van der Waals surface area contributed by atoms with Crippen LogP contribution < -0.4 is 10.1 Å². The lowest BCUT2D eigenvalue weighted by molar-refractivity contribution is 0.301. The van der Waals surface area contributed by atoms with Crippen LogP contribution in [0.3, 0.4) is 0 Å². The van der Waals surface area contributed by atoms with Crippen molar-refractivity contribution in [2.45, 2.75) is 25.9 Å². The molecule has 0 aliphatic heterocycles. The molecule has 1 aliphatic carbocycles. The van der Waals surface area contributed by atoms with Gasteiger partial charge in [0, 0.05) is 24.9 Å². The molecule has 0 radical (unpaired) electrons. The fourth-order valence-corrected chi connectivity index (χ4v) is 1.13. The van der Waals surface area contributed by atoms with Gasteiger partial charge in [-0.25, -0.2) is 4.98 Å². The molecular formula is C10H14N2O. The molecule has 1 heterocycles. The number of hydrogen-bond acceptors (Lipinski definition) is 3. The summed E-state index contributed by atoms with van der Waals surface area (Å²) in [6.07, 6.45) is 4.67. The molecule has 1 saturated carbocycles. The Morgan fingerprint density at radius 1 is 1.54 bits per heavy atom. The summed E-state index contributed by atoms with van der Waals surface area (Å²) in [4.78, 5) is 4.19. The molecule has 1 aromatic heterocycles. The van der Waals surface area contributed by atoms with Gasteiger partial charge in [-0.15, -0.1) is 0 Å². The minimum atomic E-state index is 0.450. The summed E-state index contributed by atoms with van der Waals surface area (Å²) in [6, 6.07) is 1.95. The first-order valence-corrected chi connectivity index (χ1v) is 4.60. The number of rotatable bonds is 3. The van der Waals surface area contributed by atoms with Crippen molar-refractivity contribution in [1.82, 2.24) is 4.98 Å². The molecule has 70 valence electrons. The van der Waals surface area contributed by atoms with E-state index in [0.717, 1.165) is 17.1 Å². The van der Waals surface area contributed by atoms with Crippen LogP contribution in [0.1, 0.15) is 18.4 Å². The third kappa shape index (κ3) is 1.91. The minimum absolute atomic E-state index is 0.450. The van der Waals surface area contributed by atoms with Gasteiger partial charge in [0.05, 0.1) is 6.10 Å². The van der Waals surface area contributed by atoms with Gasteiger partial charge >= 0.3 is 0 Å². The van der Waals surface area contributed by atoms with Crippen molar-refractivity contribution in [3.05, 3.63) is 17.8 Å². The van der Waals surface area contributed by atoms with Crippen molar-refractivity contribution >= 4 is 5.82 Å². The number of ether oxygens (including phenoxy) is 1. The lowest BCUT2D eigenvalue weighted by atomic mass is 10.3. The van der Waals surface area contributed by atoms with Crippen LogP contribution in [0, 0.1) is 6.92 Å². The average molecular weight is 178 g/mol. The molecular weight excluding hydrogens is 164 g/mol. The van der Waals surface area contributed by atoms with E-state index in [2.05, 4.69) is 10.3 Å². The van der Waals surface area contributed by atoms with E-state index in [1.165, 1.54) is 12.8 Å². The molecule has 0 spiro atoms. The van der Waals surface area contributed by atoms with E-state index in [4.69, 9.17) is 4.74 Å². The Hall–Kier alpha value is -1.25. The molecule has 1 aromatic rings. The van der Waals surface area contributed by atoms with E-state index in [-0.39, 0.29) is 0 Å². The molecule has 0 amide bonds. The first-order chi connectivity index (χ1) is 6.29. The van der Waals surface area contributed by atoms with Crippen LogP contribution in [0.2, 0.25) is 0 Å². The summed E-state index contributed by atoms with van der Waals surface area (Å²) in [5.41, 5.74) is 1.10. The second kappa shape index (κ2) is 3.24. The van der Waals surface area contributed by atoms with E-state index >= 15 is 0 Å². The lowest BCUT2D eigenvalue weighted by Crippen LogP contribution is -2.00. The topological polar surface area (TPSA) is 34.1 Å². The quantitative estimate of drug-likeness (QED) is 0.768. The van der Waals surface area contributed by atoms with Gasteiger partial charge in [0.25, 0.3) is 0 Å². The fourth-order valence-electron chi connectivity index (χ4n) is 1.13. The SMILES string of the molecule is CNc1cc(OC2CC2)c(C)cn1. The highest BCUT2D eigenvalue weighted by Crippen LogP contribution is 2.29. The summed E-state index contributed by atoms with van der Waals surface area (Å²) in [5, 5.41) is 3.00. The van der Waals surface area contributed by atoms with E-state index < -0.39 is 0 Å². The van der Waals surface area contributed by atoms with E-state index in [0.29, 0.717) is 6.10 Å². The van der Waals surface area contributed by atoms with E-state index in [9.17, 15) is 0 Å². The van der Waals surface area contributed by atoms with Crippen LogP contribution in [0.4, 0.5) is 5.82 Å². The predicted molar refractivity (Wildman–Crippen MR) is 52.2 cm³/mol. The van der Waals surface area contributed by atoms with Gasteiger partial charge in [0.2, 0.25) is 0 Å². The Bertz CT molecular complexity index is 308. The third-order valence-corrected chi connectivity index (χ3v) is 2.13. The first-order valence-electron chi connectivity index (χ1n) is 4.60. The Labute approximate surface area is 78.1 Å². The smallest absolute Gasteiger partial charge is 0.129 e. The zero-order valence-corrected chi connectivity index (χ0v) is 8.00. The monoisotopic (exact) mass is 178 g/mol. The molecule has 3 heteroatoms. The number of nitrogens with one attached hydrogen (secondary N) is 1. The highest BCUT2D eigenvalue weighted by molar-refractivity contribution is 5.44. The minimum Gasteiger partial charge on any atom is -0.490 e. The van der Waals surface area contributed by atoms with Crippen LogP contribution in [0.5, 0.6) is 5.75 Å². The summed E-state index contributed by atoms with van der Waals surface area (Å²) < 4.78 is 5.72. The zero-order chi connectivity index (χ0) is 9.26. The van der Waals surface area contributed by atoms with Crippen LogP contribution in [0.15, 0.2) is 12.3 Å². The first kappa shape index (κ1) is 8.35. The van der Waals surface area contributed by atoms with Crippen molar-refractivity contribution in [1.29, 1.82) is 0 Å². The summed E-state index contributed by atoms with van der Waals surface area (Å²) in [7, 11) is 1.86. The molecule has 2 rings (SSSR count). The normalized spacial score (nSPS) is 15.5. The van der Waals surface area contributed by atoms with Gasteiger partial charge in [-0.3, -0.25) is 0 Å². The van der Waals surface area contributed by atoms with Gasteiger partial charge in [-0.2, -0.15) is 0 Å². The lowest BCUT2D eigenvalue weighted by Gasteiger charge is -2.08. The molecule has 13 heavy (non-hydrogen) atoms. The van der Waals surface area contributed by atoms with E-state index in [1.807, 2.05) is 26.2 Å². The summed E-state index contributed by atoms with van der Waals surface area (Å²) >= 11 is 0. The molecule has 1 fully saturated rings. The number of pyridine rings is 1. The summed E-state index contributed by atoms with van der Waals surface area (Å²) in [5.74, 6) is 1.82. The molecule has 1 N–H and O–H groups in total. The predicted octanol–water partition coefficient (Wildman–Crippen LogP) is 1.97. The molecule has 1 aliphatic rings. The number of aromatic nitrogens is 1. The molecule has 0 aromatic carbocycles. The van der Waals surface area contributed by atoms with Crippen LogP contribution in [0.25, 0.3) is 0 Å². The number of hydrogen-bond donors (Lipinski definition) is 1. The number of aryl methyl sites for hydroxylation is 1. The fraction of sp³-hybridized carbons (Fsp3) is 0.500. The third-order valence-electron chi connectivity index (χ3n) is 2.13. The van der Waals surface area contributed by atoms with Crippen molar-refractivity contribution in [2.75, 3.05) is 12.4 Å². The molecule has 3 nitrogen and oxygen atoms in total. The average Bonchev–Trinajstić information content (AvgIpc) is 2.93. The van der Waals surface area contributed by atoms with Gasteiger partial charge in [-0.1, -0.05) is 0 Å². The maximum Gasteiger partial charge on any atom is 0.129 e. The van der Waals surface area contributed by atoms with Crippen LogP contribution >= 0.6 is 0 Å². The van der Waals surface area contributed by atoms with Crippen molar-refractivity contribution in [2.24, 2.45) is 0 Å². The Morgan fingerprint density at radius 2 is 2.31 bits per heavy atom. The Morgan fingerprint density at radius 3 is 2.92 bits per heavy atom. The van der Waals surface area contributed by atoms with Gasteiger partial charge in [0.1, 0.15) is 11.6 Å². The van der Waals surface area contributed by atoms with Gasteiger partial charge < -0.3 is 10.1 Å². The molecule has 0 atom stereocenters. The Balaban J connectivity index is 2.19. The highest BCUT2D eigenvalue weighted by Gasteiger charge is 2.24. The largest absolute Gasteiger partial charge is 0.490 e. The zero-order valence-electron chi connectivity index (χ0n) is 8.00. The molecule has 0 bridgehead atoms. The Kier molecular flexibility index (Phi) is 2.08. The second-order valence-corrected chi connectivity index (χ2v) is 3.40. The summed E-state index contributed by atoms with van der Waals surface area (Å²) in [6.45, 7) is 2.02. The maximum absolute atomic E-state index is 5.72. The van der Waals surface area contributed by atoms with Crippen LogP contribution in [-0.2, 0) is 0 Å². The van der Waals surface area contributed by atoms with Gasteiger partial charge in [0.15, 0.2) is 0 Å².